The first-order valence-electron chi connectivity index (χ1n) is 15.5. The Morgan fingerprint density at radius 1 is 1.12 bits per heavy atom. The Balaban J connectivity index is 1.44. The number of piperidine rings is 1. The molecule has 0 saturated carbocycles. The number of thiazole rings is 1. The average molecular weight is 580 g/mol. The van der Waals surface area contributed by atoms with Crippen LogP contribution in [-0.2, 0) is 9.63 Å². The van der Waals surface area contributed by atoms with E-state index in [1.54, 1.807) is 22.5 Å². The minimum Gasteiger partial charge on any atom is -0.369 e. The zero-order chi connectivity index (χ0) is 29.3. The molecule has 0 aliphatic carbocycles. The number of likely N-dealkylation sites (tertiary alicyclic amines) is 1. The Bertz CT molecular complexity index is 1220. The monoisotopic (exact) mass is 579 g/mol. The van der Waals surface area contributed by atoms with E-state index in [4.69, 9.17) is 9.82 Å². The third-order valence-electron chi connectivity index (χ3n) is 8.46. The van der Waals surface area contributed by atoms with Gasteiger partial charge in [0.05, 0.1) is 10.2 Å². The van der Waals surface area contributed by atoms with Gasteiger partial charge in [-0.05, 0) is 69.1 Å². The Morgan fingerprint density at radius 3 is 2.51 bits per heavy atom. The Labute approximate surface area is 250 Å². The van der Waals surface area contributed by atoms with Crippen molar-refractivity contribution >= 4 is 33.5 Å². The molecule has 4 heterocycles. The molecule has 41 heavy (non-hydrogen) atoms. The van der Waals surface area contributed by atoms with Gasteiger partial charge in [-0.15, -0.1) is 11.3 Å². The summed E-state index contributed by atoms with van der Waals surface area (Å²) < 4.78 is 1.12. The topological polar surface area (TPSA) is 52.2 Å². The van der Waals surface area contributed by atoms with Crippen LogP contribution < -0.4 is 0 Å². The van der Waals surface area contributed by atoms with E-state index in [0.29, 0.717) is 24.0 Å². The van der Waals surface area contributed by atoms with E-state index in [0.717, 1.165) is 72.9 Å². The number of nitrogens with zero attached hydrogens (tertiary/aromatic N) is 5. The zero-order valence-corrected chi connectivity index (χ0v) is 26.9. The largest absolute Gasteiger partial charge is 0.369 e. The minimum absolute atomic E-state index is 0.0322. The van der Waals surface area contributed by atoms with Gasteiger partial charge >= 0.3 is 0 Å². The van der Waals surface area contributed by atoms with Gasteiger partial charge in [0.15, 0.2) is 5.82 Å². The predicted octanol–water partition coefficient (Wildman–Crippen LogP) is 6.59. The van der Waals surface area contributed by atoms with Crippen LogP contribution in [0.15, 0.2) is 42.4 Å². The standard InChI is InChI=1S/C33H49N5O2S/c1-23(2)18-27-21-37-26(19-33(5,6)7)20-36(25-14-16-35(17-15-25)24(3)4)22-31(37)38(40-27)32(39)13-12-30-34-28-10-8-9-11-29(28)41-30/h8-13,22-27H,14-21H2,1-7H3/b13-12+/t26-,27+/m0/s1. The maximum absolute atomic E-state index is 13.9. The fourth-order valence-corrected chi connectivity index (χ4v) is 7.39. The lowest BCUT2D eigenvalue weighted by molar-refractivity contribution is -0.228. The van der Waals surface area contributed by atoms with E-state index in [-0.39, 0.29) is 17.4 Å². The molecule has 224 valence electrons. The van der Waals surface area contributed by atoms with Crippen molar-refractivity contribution < 1.29 is 9.63 Å². The van der Waals surface area contributed by atoms with Crippen LogP contribution in [0.2, 0.25) is 0 Å². The molecule has 2 aromatic rings. The van der Waals surface area contributed by atoms with Gasteiger partial charge in [-0.1, -0.05) is 46.8 Å². The lowest BCUT2D eigenvalue weighted by Gasteiger charge is -2.53. The van der Waals surface area contributed by atoms with Crippen LogP contribution in [0.25, 0.3) is 16.3 Å². The van der Waals surface area contributed by atoms with Gasteiger partial charge in [0.2, 0.25) is 0 Å². The van der Waals surface area contributed by atoms with E-state index in [1.165, 1.54) is 0 Å². The molecule has 3 aliphatic rings. The summed E-state index contributed by atoms with van der Waals surface area (Å²) in [6, 6.07) is 9.47. The smallest absolute Gasteiger partial charge is 0.276 e. The van der Waals surface area contributed by atoms with Gasteiger partial charge in [0.25, 0.3) is 5.91 Å². The SMILES string of the molecule is CC(C)C[C@@H]1CN2C(=CN(C3CCN(C(C)C)CC3)C[C@@H]2CC(C)(C)C)N(C(=O)/C=C/c2nc3ccccc3s2)O1. The number of carbonyl (C=O) groups excluding carboxylic acids is 1. The second-order valence-electron chi connectivity index (χ2n) is 14.0. The molecular formula is C33H49N5O2S. The quantitative estimate of drug-likeness (QED) is 0.345. The minimum atomic E-state index is -0.153. The van der Waals surface area contributed by atoms with Gasteiger partial charge in [-0.3, -0.25) is 9.63 Å². The first-order valence-corrected chi connectivity index (χ1v) is 16.3. The van der Waals surface area contributed by atoms with Crippen LogP contribution in [0, 0.1) is 11.3 Å². The molecule has 2 saturated heterocycles. The van der Waals surface area contributed by atoms with Crippen molar-refractivity contribution in [2.45, 2.75) is 98.4 Å². The summed E-state index contributed by atoms with van der Waals surface area (Å²) in [7, 11) is 0. The normalized spacial score (nSPS) is 23.2. The molecular weight excluding hydrogens is 530 g/mol. The first kappa shape index (κ1) is 30.1. The molecule has 8 heteroatoms. The summed E-state index contributed by atoms with van der Waals surface area (Å²) in [5.74, 6) is 1.21. The zero-order valence-electron chi connectivity index (χ0n) is 26.0. The van der Waals surface area contributed by atoms with E-state index in [2.05, 4.69) is 75.4 Å². The third kappa shape index (κ3) is 7.33. The van der Waals surface area contributed by atoms with Crippen LogP contribution in [-0.4, -0.2) is 81.1 Å². The number of carbonyl (C=O) groups is 1. The van der Waals surface area contributed by atoms with Crippen LogP contribution in [0.3, 0.4) is 0 Å². The van der Waals surface area contributed by atoms with Crippen molar-refractivity contribution in [2.24, 2.45) is 11.3 Å². The number of fused-ring (bicyclic) bond motifs is 2. The van der Waals surface area contributed by atoms with Gasteiger partial charge in [0, 0.05) is 56.6 Å². The van der Waals surface area contributed by atoms with Crippen LogP contribution >= 0.6 is 11.3 Å². The number of aromatic nitrogens is 1. The van der Waals surface area contributed by atoms with Gasteiger partial charge in [0.1, 0.15) is 11.1 Å². The molecule has 0 radical (unpaired) electrons. The Hall–Kier alpha value is -2.42. The van der Waals surface area contributed by atoms with E-state index in [1.807, 2.05) is 24.3 Å². The predicted molar refractivity (Wildman–Crippen MR) is 169 cm³/mol. The highest BCUT2D eigenvalue weighted by molar-refractivity contribution is 7.19. The van der Waals surface area contributed by atoms with Crippen LogP contribution in [0.4, 0.5) is 0 Å². The summed E-state index contributed by atoms with van der Waals surface area (Å²) in [6.45, 7) is 20.1. The average Bonchev–Trinajstić information content (AvgIpc) is 3.33. The van der Waals surface area contributed by atoms with Gasteiger partial charge in [-0.2, -0.15) is 5.06 Å². The third-order valence-corrected chi connectivity index (χ3v) is 9.46. The lowest BCUT2D eigenvalue weighted by Crippen LogP contribution is -2.60. The molecule has 0 N–H and O–H groups in total. The summed E-state index contributed by atoms with van der Waals surface area (Å²) in [5, 5.41) is 2.42. The van der Waals surface area contributed by atoms with Crippen molar-refractivity contribution in [3.63, 3.8) is 0 Å². The molecule has 5 rings (SSSR count). The first-order chi connectivity index (χ1) is 19.5. The molecule has 1 amide bonds. The molecule has 1 aromatic heterocycles. The van der Waals surface area contributed by atoms with Crippen molar-refractivity contribution in [1.29, 1.82) is 0 Å². The van der Waals surface area contributed by atoms with Gasteiger partial charge in [-0.25, -0.2) is 4.98 Å². The van der Waals surface area contributed by atoms with Crippen molar-refractivity contribution in [3.8, 4) is 0 Å². The summed E-state index contributed by atoms with van der Waals surface area (Å²) >= 11 is 1.60. The number of hydroxylamine groups is 2. The Morgan fingerprint density at radius 2 is 1.85 bits per heavy atom. The Kier molecular flexibility index (Phi) is 9.12. The summed E-state index contributed by atoms with van der Waals surface area (Å²) in [6.07, 6.45) is 9.92. The number of hydrogen-bond donors (Lipinski definition) is 0. The maximum Gasteiger partial charge on any atom is 0.276 e. The number of para-hydroxylation sites is 1. The number of amides is 1. The van der Waals surface area contributed by atoms with Crippen LogP contribution in [0.5, 0.6) is 0 Å². The number of rotatable bonds is 7. The molecule has 7 nitrogen and oxygen atoms in total. The number of benzene rings is 1. The molecule has 3 aliphatic heterocycles. The second-order valence-corrected chi connectivity index (χ2v) is 15.0. The van der Waals surface area contributed by atoms with E-state index < -0.39 is 0 Å². The van der Waals surface area contributed by atoms with E-state index in [9.17, 15) is 4.79 Å². The van der Waals surface area contributed by atoms with Crippen molar-refractivity contribution in [1.82, 2.24) is 24.7 Å². The highest BCUT2D eigenvalue weighted by atomic mass is 32.1. The molecule has 0 bridgehead atoms. The lowest BCUT2D eigenvalue weighted by atomic mass is 9.86. The molecule has 2 atom stereocenters. The van der Waals surface area contributed by atoms with Gasteiger partial charge < -0.3 is 14.7 Å². The fraction of sp³-hybridized carbons (Fsp3) is 0.636. The molecule has 2 fully saturated rings. The van der Waals surface area contributed by atoms with Crippen LogP contribution in [0.1, 0.15) is 79.2 Å². The second kappa shape index (κ2) is 12.4. The van der Waals surface area contributed by atoms with E-state index >= 15 is 0 Å². The maximum atomic E-state index is 13.9. The number of hydrogen-bond acceptors (Lipinski definition) is 7. The molecule has 0 unspecified atom stereocenters. The van der Waals surface area contributed by atoms with Crippen molar-refractivity contribution in [2.75, 3.05) is 26.2 Å². The molecule has 1 aromatic carbocycles. The summed E-state index contributed by atoms with van der Waals surface area (Å²) in [4.78, 5) is 32.7. The fourth-order valence-electron chi connectivity index (χ4n) is 6.52. The summed E-state index contributed by atoms with van der Waals surface area (Å²) in [5.41, 5.74) is 1.13. The highest BCUT2D eigenvalue weighted by Crippen LogP contribution is 2.36. The molecule has 0 spiro atoms. The highest BCUT2D eigenvalue weighted by Gasteiger charge is 2.42. The van der Waals surface area contributed by atoms with Crippen molar-refractivity contribution in [3.05, 3.63) is 47.4 Å².